The maximum Gasteiger partial charge on any atom is 0.408 e. The first-order valence-corrected chi connectivity index (χ1v) is 12.2. The van der Waals surface area contributed by atoms with E-state index in [1.807, 2.05) is 27.7 Å². The molecule has 4 atom stereocenters. The summed E-state index contributed by atoms with van der Waals surface area (Å²) in [5, 5.41) is 16.3. The summed E-state index contributed by atoms with van der Waals surface area (Å²) in [6.07, 6.45) is 1.78. The maximum atomic E-state index is 14.0. The number of phenols is 1. The van der Waals surface area contributed by atoms with Crippen LogP contribution in [0.3, 0.4) is 0 Å². The van der Waals surface area contributed by atoms with Crippen LogP contribution in [0, 0.1) is 11.8 Å². The number of phenolic OH excluding ortho intramolecular Hbond substituents is 1. The molecule has 0 radical (unpaired) electrons. The zero-order chi connectivity index (χ0) is 25.6. The molecule has 0 saturated heterocycles. The van der Waals surface area contributed by atoms with Gasteiger partial charge in [0.25, 0.3) is 0 Å². The highest BCUT2D eigenvalue weighted by molar-refractivity contribution is 5.93. The van der Waals surface area contributed by atoms with Crippen molar-refractivity contribution in [3.63, 3.8) is 0 Å². The Morgan fingerprint density at radius 1 is 1.21 bits per heavy atom. The number of ether oxygens (including phenoxy) is 1. The Labute approximate surface area is 203 Å². The second-order valence-corrected chi connectivity index (χ2v) is 10.5. The Morgan fingerprint density at radius 2 is 1.82 bits per heavy atom. The number of benzene rings is 1. The van der Waals surface area contributed by atoms with Gasteiger partial charge in [-0.2, -0.15) is 0 Å². The van der Waals surface area contributed by atoms with Crippen molar-refractivity contribution < 1.29 is 24.2 Å². The number of para-hydroxylation sites is 1. The summed E-state index contributed by atoms with van der Waals surface area (Å²) in [6, 6.07) is 4.52. The van der Waals surface area contributed by atoms with Gasteiger partial charge in [-0.15, -0.1) is 0 Å². The zero-order valence-corrected chi connectivity index (χ0v) is 21.6. The van der Waals surface area contributed by atoms with Gasteiger partial charge in [0.05, 0.1) is 0 Å². The van der Waals surface area contributed by atoms with E-state index in [2.05, 4.69) is 10.6 Å². The highest BCUT2D eigenvalue weighted by Gasteiger charge is 2.49. The molecule has 34 heavy (non-hydrogen) atoms. The Kier molecular flexibility index (Phi) is 9.36. The number of amides is 3. The molecular formula is C26H41N3O5. The average molecular weight is 476 g/mol. The topological polar surface area (TPSA) is 108 Å². The lowest BCUT2D eigenvalue weighted by Gasteiger charge is -2.36. The van der Waals surface area contributed by atoms with Crippen molar-refractivity contribution in [3.8, 4) is 5.75 Å². The summed E-state index contributed by atoms with van der Waals surface area (Å²) in [5.74, 6) is -0.804. The normalized spacial score (nSPS) is 19.2. The first-order valence-electron chi connectivity index (χ1n) is 12.2. The number of carbonyl (C=O) groups is 3. The molecule has 3 amide bonds. The highest BCUT2D eigenvalue weighted by Crippen LogP contribution is 2.42. The van der Waals surface area contributed by atoms with Gasteiger partial charge >= 0.3 is 6.09 Å². The molecule has 1 aliphatic carbocycles. The number of rotatable bonds is 10. The number of aromatic hydroxyl groups is 1. The highest BCUT2D eigenvalue weighted by atomic mass is 16.6. The molecule has 3 N–H and O–H groups in total. The van der Waals surface area contributed by atoms with Crippen molar-refractivity contribution in [2.45, 2.75) is 91.5 Å². The lowest BCUT2D eigenvalue weighted by atomic mass is 9.98. The Hall–Kier alpha value is -2.77. The first kappa shape index (κ1) is 27.5. The monoisotopic (exact) mass is 475 g/mol. The Balaban J connectivity index is 2.45. The lowest BCUT2D eigenvalue weighted by molar-refractivity contribution is -0.144. The minimum absolute atomic E-state index is 0.0505. The Bertz CT molecular complexity index is 864. The van der Waals surface area contributed by atoms with Crippen molar-refractivity contribution in [2.75, 3.05) is 6.54 Å². The van der Waals surface area contributed by atoms with Crippen LogP contribution in [0.4, 0.5) is 4.79 Å². The fourth-order valence-electron chi connectivity index (χ4n) is 3.90. The van der Waals surface area contributed by atoms with E-state index in [0.717, 1.165) is 19.3 Å². The Morgan fingerprint density at radius 3 is 2.32 bits per heavy atom. The molecular weight excluding hydrogens is 434 g/mol. The third-order valence-electron chi connectivity index (χ3n) is 5.87. The van der Waals surface area contributed by atoms with Gasteiger partial charge in [-0.25, -0.2) is 4.79 Å². The second kappa shape index (κ2) is 11.6. The SMILES string of the molecule is CCCCNC(=O)C(c1ccccc1O)N(C(=O)C(NC(=O)OC(C)(C)C)C(C)C)C1CC1C. The molecule has 1 aliphatic rings. The molecule has 0 heterocycles. The van der Waals surface area contributed by atoms with Gasteiger partial charge in [-0.05, 0) is 51.5 Å². The molecule has 0 bridgehead atoms. The number of hydrogen-bond donors (Lipinski definition) is 3. The second-order valence-electron chi connectivity index (χ2n) is 10.5. The van der Waals surface area contributed by atoms with Crippen LogP contribution < -0.4 is 10.6 Å². The fraction of sp³-hybridized carbons (Fsp3) is 0.654. The quantitative estimate of drug-likeness (QED) is 0.441. The summed E-state index contributed by atoms with van der Waals surface area (Å²) in [6.45, 7) is 13.5. The standard InChI is InChI=1S/C26H41N3O5/c1-8-9-14-27-23(31)22(18-12-10-11-13-20(18)30)29(19-15-17(19)4)24(32)21(16(2)3)28-25(33)34-26(5,6)7/h10-13,16-17,19,21-22,30H,8-9,14-15H2,1-7H3,(H,27,31)(H,28,33). The molecule has 1 aromatic rings. The van der Waals surface area contributed by atoms with E-state index in [1.165, 1.54) is 6.07 Å². The van der Waals surface area contributed by atoms with Gasteiger partial charge in [-0.3, -0.25) is 9.59 Å². The third kappa shape index (κ3) is 7.37. The van der Waals surface area contributed by atoms with Crippen LogP contribution in [0.2, 0.25) is 0 Å². The fourth-order valence-corrected chi connectivity index (χ4v) is 3.90. The van der Waals surface area contributed by atoms with E-state index in [1.54, 1.807) is 43.9 Å². The molecule has 190 valence electrons. The van der Waals surface area contributed by atoms with Crippen molar-refractivity contribution in [1.82, 2.24) is 15.5 Å². The van der Waals surface area contributed by atoms with Crippen LogP contribution in [-0.2, 0) is 14.3 Å². The smallest absolute Gasteiger partial charge is 0.408 e. The maximum absolute atomic E-state index is 14.0. The van der Waals surface area contributed by atoms with E-state index in [9.17, 15) is 19.5 Å². The molecule has 0 aliphatic heterocycles. The van der Waals surface area contributed by atoms with E-state index in [4.69, 9.17) is 4.74 Å². The van der Waals surface area contributed by atoms with Gasteiger partial charge < -0.3 is 25.4 Å². The largest absolute Gasteiger partial charge is 0.508 e. The molecule has 8 heteroatoms. The summed E-state index contributed by atoms with van der Waals surface area (Å²) < 4.78 is 5.38. The zero-order valence-electron chi connectivity index (χ0n) is 21.6. The lowest BCUT2D eigenvalue weighted by Crippen LogP contribution is -2.55. The van der Waals surface area contributed by atoms with E-state index < -0.39 is 23.8 Å². The van der Waals surface area contributed by atoms with Crippen molar-refractivity contribution in [1.29, 1.82) is 0 Å². The van der Waals surface area contributed by atoms with Gasteiger partial charge in [0.1, 0.15) is 23.4 Å². The minimum atomic E-state index is -1.01. The van der Waals surface area contributed by atoms with Gasteiger partial charge in [0.15, 0.2) is 0 Å². The van der Waals surface area contributed by atoms with Crippen molar-refractivity contribution in [3.05, 3.63) is 29.8 Å². The summed E-state index contributed by atoms with van der Waals surface area (Å²) in [7, 11) is 0. The number of nitrogens with one attached hydrogen (secondary N) is 2. The molecule has 0 spiro atoms. The van der Waals surface area contributed by atoms with Crippen LogP contribution in [-0.4, -0.2) is 52.1 Å². The number of hydrogen-bond acceptors (Lipinski definition) is 5. The number of carbonyl (C=O) groups excluding carboxylic acids is 3. The molecule has 2 rings (SSSR count). The van der Waals surface area contributed by atoms with Gasteiger partial charge in [-0.1, -0.05) is 52.3 Å². The molecule has 8 nitrogen and oxygen atoms in total. The van der Waals surface area contributed by atoms with Crippen LogP contribution in [0.25, 0.3) is 0 Å². The predicted octanol–water partition coefficient (Wildman–Crippen LogP) is 4.14. The van der Waals surface area contributed by atoms with E-state index in [-0.39, 0.29) is 35.4 Å². The number of alkyl carbamates (subject to hydrolysis) is 1. The number of unbranched alkanes of at least 4 members (excludes halogenated alkanes) is 1. The summed E-state index contributed by atoms with van der Waals surface area (Å²) >= 11 is 0. The van der Waals surface area contributed by atoms with Gasteiger partial charge in [0.2, 0.25) is 11.8 Å². The third-order valence-corrected chi connectivity index (χ3v) is 5.87. The average Bonchev–Trinajstić information content (AvgIpc) is 3.44. The molecule has 1 aromatic carbocycles. The molecule has 1 saturated carbocycles. The summed E-state index contributed by atoms with van der Waals surface area (Å²) in [4.78, 5) is 41.5. The van der Waals surface area contributed by atoms with E-state index in [0.29, 0.717) is 12.1 Å². The van der Waals surface area contributed by atoms with Crippen LogP contribution in [0.1, 0.15) is 79.3 Å². The van der Waals surface area contributed by atoms with Crippen molar-refractivity contribution >= 4 is 17.9 Å². The van der Waals surface area contributed by atoms with Crippen LogP contribution in [0.15, 0.2) is 24.3 Å². The molecule has 0 aromatic heterocycles. The van der Waals surface area contributed by atoms with Crippen LogP contribution >= 0.6 is 0 Å². The molecule has 1 fully saturated rings. The van der Waals surface area contributed by atoms with Gasteiger partial charge in [0, 0.05) is 18.2 Å². The predicted molar refractivity (Wildman–Crippen MR) is 131 cm³/mol. The van der Waals surface area contributed by atoms with Crippen LogP contribution in [0.5, 0.6) is 5.75 Å². The summed E-state index contributed by atoms with van der Waals surface area (Å²) in [5.41, 5.74) is -0.347. The first-order chi connectivity index (χ1) is 15.9. The molecule has 4 unspecified atom stereocenters. The van der Waals surface area contributed by atoms with Crippen molar-refractivity contribution in [2.24, 2.45) is 11.8 Å². The van der Waals surface area contributed by atoms with E-state index >= 15 is 0 Å². The number of nitrogens with zero attached hydrogens (tertiary/aromatic N) is 1. The minimum Gasteiger partial charge on any atom is -0.508 e.